The predicted molar refractivity (Wildman–Crippen MR) is 95.8 cm³/mol. The summed E-state index contributed by atoms with van der Waals surface area (Å²) in [5.74, 6) is -0.0682. The molecule has 0 saturated carbocycles. The Bertz CT molecular complexity index is 802. The van der Waals surface area contributed by atoms with E-state index in [1.165, 1.54) is 11.3 Å². The lowest BCUT2D eigenvalue weighted by Gasteiger charge is -2.28. The molecule has 0 radical (unpaired) electrons. The highest BCUT2D eigenvalue weighted by molar-refractivity contribution is 7.09. The maximum Gasteiger partial charge on any atom is 0.274 e. The lowest BCUT2D eigenvalue weighted by molar-refractivity contribution is 0.0665. The third-order valence-corrected chi connectivity index (χ3v) is 4.65. The van der Waals surface area contributed by atoms with Crippen molar-refractivity contribution in [3.8, 4) is 0 Å². The van der Waals surface area contributed by atoms with Crippen molar-refractivity contribution in [1.29, 1.82) is 0 Å². The number of carbonyl (C=O) groups excluding carboxylic acids is 1. The highest BCUT2D eigenvalue weighted by Gasteiger charge is 2.25. The zero-order valence-corrected chi connectivity index (χ0v) is 14.5. The van der Waals surface area contributed by atoms with Gasteiger partial charge in [-0.05, 0) is 31.5 Å². The van der Waals surface area contributed by atoms with Crippen molar-refractivity contribution in [3.63, 3.8) is 0 Å². The van der Waals surface area contributed by atoms with Crippen LogP contribution in [-0.2, 0) is 6.54 Å². The van der Waals surface area contributed by atoms with Gasteiger partial charge in [0.15, 0.2) is 0 Å². The minimum Gasteiger partial charge on any atom is -0.325 e. The first-order valence-corrected chi connectivity index (χ1v) is 8.71. The molecule has 122 valence electrons. The van der Waals surface area contributed by atoms with Crippen LogP contribution in [-0.4, -0.2) is 20.8 Å². The normalized spacial score (nSPS) is 11.9. The van der Waals surface area contributed by atoms with Gasteiger partial charge in [-0.2, -0.15) is 0 Å². The number of hydrogen-bond donors (Lipinski definition) is 0. The first kappa shape index (κ1) is 16.3. The van der Waals surface area contributed by atoms with E-state index < -0.39 is 0 Å². The van der Waals surface area contributed by atoms with Crippen LogP contribution in [0.25, 0.3) is 0 Å². The van der Waals surface area contributed by atoms with Crippen molar-refractivity contribution in [2.45, 2.75) is 26.4 Å². The SMILES string of the molecule is Cc1nc(C(=O)N(Cc2ccccc2)[C@H](C)c2ccccn2)cs1. The molecular weight excluding hydrogens is 318 g/mol. The molecular formula is C19H19N3OS. The summed E-state index contributed by atoms with van der Waals surface area (Å²) in [6.45, 7) is 4.43. The number of aryl methyl sites for hydroxylation is 1. The molecule has 0 aliphatic heterocycles. The maximum absolute atomic E-state index is 13.0. The van der Waals surface area contributed by atoms with Crippen molar-refractivity contribution in [3.05, 3.63) is 82.1 Å². The Labute approximate surface area is 145 Å². The van der Waals surface area contributed by atoms with Crippen LogP contribution in [0.4, 0.5) is 0 Å². The summed E-state index contributed by atoms with van der Waals surface area (Å²) in [7, 11) is 0. The van der Waals surface area contributed by atoms with Crippen molar-refractivity contribution >= 4 is 17.2 Å². The Balaban J connectivity index is 1.92. The van der Waals surface area contributed by atoms with Crippen LogP contribution in [0.1, 0.15) is 39.7 Å². The Kier molecular flexibility index (Phi) is 5.01. The quantitative estimate of drug-likeness (QED) is 0.699. The molecule has 4 nitrogen and oxygen atoms in total. The third-order valence-electron chi connectivity index (χ3n) is 3.88. The summed E-state index contributed by atoms with van der Waals surface area (Å²) in [6.07, 6.45) is 1.75. The summed E-state index contributed by atoms with van der Waals surface area (Å²) >= 11 is 1.49. The lowest BCUT2D eigenvalue weighted by Crippen LogP contribution is -2.33. The van der Waals surface area contributed by atoms with E-state index >= 15 is 0 Å². The van der Waals surface area contributed by atoms with E-state index in [-0.39, 0.29) is 11.9 Å². The highest BCUT2D eigenvalue weighted by atomic mass is 32.1. The molecule has 0 saturated heterocycles. The number of nitrogens with zero attached hydrogens (tertiary/aromatic N) is 3. The van der Waals surface area contributed by atoms with Gasteiger partial charge in [0.1, 0.15) is 5.69 Å². The van der Waals surface area contributed by atoms with Gasteiger partial charge in [-0.25, -0.2) is 4.98 Å². The fourth-order valence-electron chi connectivity index (χ4n) is 2.56. The smallest absolute Gasteiger partial charge is 0.274 e. The molecule has 5 heteroatoms. The van der Waals surface area contributed by atoms with Gasteiger partial charge in [0, 0.05) is 18.1 Å². The van der Waals surface area contributed by atoms with Crippen LogP contribution in [0.15, 0.2) is 60.1 Å². The summed E-state index contributed by atoms with van der Waals surface area (Å²) in [4.78, 5) is 23.6. The predicted octanol–water partition coefficient (Wildman–Crippen LogP) is 4.25. The maximum atomic E-state index is 13.0. The second-order valence-corrected chi connectivity index (χ2v) is 6.66. The summed E-state index contributed by atoms with van der Waals surface area (Å²) < 4.78 is 0. The third kappa shape index (κ3) is 3.68. The van der Waals surface area contributed by atoms with Gasteiger partial charge in [-0.1, -0.05) is 36.4 Å². The average molecular weight is 337 g/mol. The van der Waals surface area contributed by atoms with Crippen LogP contribution < -0.4 is 0 Å². The van der Waals surface area contributed by atoms with E-state index in [1.807, 2.05) is 72.7 Å². The Morgan fingerprint density at radius 3 is 2.54 bits per heavy atom. The molecule has 3 rings (SSSR count). The lowest BCUT2D eigenvalue weighted by atomic mass is 10.1. The van der Waals surface area contributed by atoms with Crippen LogP contribution >= 0.6 is 11.3 Å². The van der Waals surface area contributed by atoms with E-state index in [4.69, 9.17) is 0 Å². The van der Waals surface area contributed by atoms with Crippen molar-refractivity contribution in [2.75, 3.05) is 0 Å². The number of carbonyl (C=O) groups is 1. The van der Waals surface area contributed by atoms with Crippen LogP contribution in [0.3, 0.4) is 0 Å². The van der Waals surface area contributed by atoms with E-state index in [2.05, 4.69) is 9.97 Å². The molecule has 0 aliphatic carbocycles. The monoisotopic (exact) mass is 337 g/mol. The molecule has 0 unspecified atom stereocenters. The fourth-order valence-corrected chi connectivity index (χ4v) is 3.14. The minimum absolute atomic E-state index is 0.0682. The number of amides is 1. The number of benzene rings is 1. The molecule has 0 N–H and O–H groups in total. The molecule has 0 spiro atoms. The molecule has 1 aromatic carbocycles. The summed E-state index contributed by atoms with van der Waals surface area (Å²) in [5.41, 5.74) is 2.45. The van der Waals surface area contributed by atoms with Crippen molar-refractivity contribution in [2.24, 2.45) is 0 Å². The second-order valence-electron chi connectivity index (χ2n) is 5.60. The van der Waals surface area contributed by atoms with Gasteiger partial charge in [-0.3, -0.25) is 9.78 Å². The molecule has 2 heterocycles. The molecule has 2 aromatic heterocycles. The number of rotatable bonds is 5. The van der Waals surface area contributed by atoms with Crippen LogP contribution in [0.5, 0.6) is 0 Å². The largest absolute Gasteiger partial charge is 0.325 e. The Morgan fingerprint density at radius 2 is 1.92 bits per heavy atom. The number of pyridine rings is 1. The van der Waals surface area contributed by atoms with E-state index in [0.29, 0.717) is 12.2 Å². The van der Waals surface area contributed by atoms with E-state index in [0.717, 1.165) is 16.3 Å². The van der Waals surface area contributed by atoms with Crippen LogP contribution in [0.2, 0.25) is 0 Å². The molecule has 0 bridgehead atoms. The number of aromatic nitrogens is 2. The molecule has 1 amide bonds. The van der Waals surface area contributed by atoms with Gasteiger partial charge < -0.3 is 4.90 Å². The molecule has 24 heavy (non-hydrogen) atoms. The van der Waals surface area contributed by atoms with Crippen molar-refractivity contribution in [1.82, 2.24) is 14.9 Å². The molecule has 0 aliphatic rings. The number of thiazole rings is 1. The molecule has 1 atom stereocenters. The zero-order chi connectivity index (χ0) is 16.9. The zero-order valence-electron chi connectivity index (χ0n) is 13.7. The first-order valence-electron chi connectivity index (χ1n) is 7.83. The first-order chi connectivity index (χ1) is 11.6. The summed E-state index contributed by atoms with van der Waals surface area (Å²) in [5, 5.41) is 2.71. The van der Waals surface area contributed by atoms with Gasteiger partial charge in [0.25, 0.3) is 5.91 Å². The van der Waals surface area contributed by atoms with Gasteiger partial charge in [0.05, 0.1) is 16.7 Å². The second kappa shape index (κ2) is 7.36. The van der Waals surface area contributed by atoms with E-state index in [9.17, 15) is 4.79 Å². The van der Waals surface area contributed by atoms with Gasteiger partial charge in [-0.15, -0.1) is 11.3 Å². The molecule has 0 fully saturated rings. The fraction of sp³-hybridized carbons (Fsp3) is 0.211. The van der Waals surface area contributed by atoms with Crippen molar-refractivity contribution < 1.29 is 4.79 Å². The Hall–Kier alpha value is -2.53. The average Bonchev–Trinajstić information content (AvgIpc) is 3.06. The standard InChI is InChI=1S/C19H19N3OS/c1-14(17-10-6-7-11-20-17)22(12-16-8-4-3-5-9-16)19(23)18-13-24-15(2)21-18/h3-11,13-14H,12H2,1-2H3/t14-/m1/s1. The molecule has 3 aromatic rings. The van der Waals surface area contributed by atoms with E-state index in [1.54, 1.807) is 6.20 Å². The van der Waals surface area contributed by atoms with Gasteiger partial charge >= 0.3 is 0 Å². The summed E-state index contributed by atoms with van der Waals surface area (Å²) in [6, 6.07) is 15.6. The number of hydrogen-bond acceptors (Lipinski definition) is 4. The minimum atomic E-state index is -0.138. The van der Waals surface area contributed by atoms with Crippen LogP contribution in [0, 0.1) is 6.92 Å². The Morgan fingerprint density at radius 1 is 1.17 bits per heavy atom. The highest BCUT2D eigenvalue weighted by Crippen LogP contribution is 2.23. The van der Waals surface area contributed by atoms with Gasteiger partial charge in [0.2, 0.25) is 0 Å². The topological polar surface area (TPSA) is 46.1 Å².